The van der Waals surface area contributed by atoms with Crippen LogP contribution in [0, 0.1) is 0 Å². The lowest BCUT2D eigenvalue weighted by Crippen LogP contribution is -2.48. The topological polar surface area (TPSA) is 92.4 Å². The van der Waals surface area contributed by atoms with Crippen molar-refractivity contribution in [2.24, 2.45) is 5.73 Å². The molecule has 0 spiro atoms. The van der Waals surface area contributed by atoms with Crippen LogP contribution in [0.3, 0.4) is 0 Å². The van der Waals surface area contributed by atoms with Gasteiger partial charge in [-0.1, -0.05) is 19.3 Å². The van der Waals surface area contributed by atoms with Crippen molar-refractivity contribution in [1.82, 2.24) is 5.32 Å². The number of aliphatic carboxylic acids is 1. The molecule has 1 amide bonds. The Kier molecular flexibility index (Phi) is 4.29. The number of hydrogen-bond donors (Lipinski definition) is 3. The SMILES string of the molecule is C[C@@H](NC(=O)CC1(N)CCCCC1)C(=O)O. The lowest BCUT2D eigenvalue weighted by Gasteiger charge is -2.32. The first-order chi connectivity index (χ1) is 7.43. The molecule has 5 nitrogen and oxygen atoms in total. The molecule has 0 heterocycles. The summed E-state index contributed by atoms with van der Waals surface area (Å²) >= 11 is 0. The van der Waals surface area contributed by atoms with E-state index in [1.54, 1.807) is 0 Å². The van der Waals surface area contributed by atoms with Crippen molar-refractivity contribution in [3.63, 3.8) is 0 Å². The summed E-state index contributed by atoms with van der Waals surface area (Å²) in [7, 11) is 0. The van der Waals surface area contributed by atoms with E-state index in [-0.39, 0.29) is 12.3 Å². The monoisotopic (exact) mass is 228 g/mol. The van der Waals surface area contributed by atoms with Gasteiger partial charge in [0, 0.05) is 12.0 Å². The van der Waals surface area contributed by atoms with Crippen molar-refractivity contribution >= 4 is 11.9 Å². The molecular weight excluding hydrogens is 208 g/mol. The first-order valence-corrected chi connectivity index (χ1v) is 5.74. The maximum Gasteiger partial charge on any atom is 0.325 e. The zero-order valence-corrected chi connectivity index (χ0v) is 9.66. The number of amides is 1. The smallest absolute Gasteiger partial charge is 0.325 e. The van der Waals surface area contributed by atoms with Gasteiger partial charge in [-0.05, 0) is 19.8 Å². The Hall–Kier alpha value is -1.10. The molecule has 1 saturated carbocycles. The van der Waals surface area contributed by atoms with Gasteiger partial charge in [0.25, 0.3) is 0 Å². The Morgan fingerprint density at radius 3 is 2.44 bits per heavy atom. The van der Waals surface area contributed by atoms with Gasteiger partial charge >= 0.3 is 5.97 Å². The molecule has 1 aliphatic rings. The molecule has 0 bridgehead atoms. The molecule has 0 aromatic rings. The highest BCUT2D eigenvalue weighted by Crippen LogP contribution is 2.28. The summed E-state index contributed by atoms with van der Waals surface area (Å²) in [6.07, 6.45) is 5.21. The summed E-state index contributed by atoms with van der Waals surface area (Å²) in [5, 5.41) is 11.1. The van der Waals surface area contributed by atoms with Gasteiger partial charge in [-0.3, -0.25) is 9.59 Å². The summed E-state index contributed by atoms with van der Waals surface area (Å²) in [5.74, 6) is -1.29. The number of carboxylic acids is 1. The first kappa shape index (κ1) is 13.0. The predicted octanol–water partition coefficient (Wildman–Crippen LogP) is 0.627. The molecule has 0 aromatic carbocycles. The van der Waals surface area contributed by atoms with Crippen molar-refractivity contribution in [2.75, 3.05) is 0 Å². The number of rotatable bonds is 4. The van der Waals surface area contributed by atoms with Crippen LogP contribution in [0.5, 0.6) is 0 Å². The van der Waals surface area contributed by atoms with Crippen LogP contribution >= 0.6 is 0 Å². The number of hydrogen-bond acceptors (Lipinski definition) is 3. The van der Waals surface area contributed by atoms with Crippen LogP contribution in [0.25, 0.3) is 0 Å². The highest BCUT2D eigenvalue weighted by Gasteiger charge is 2.30. The molecule has 0 aliphatic heterocycles. The van der Waals surface area contributed by atoms with E-state index in [1.807, 2.05) is 0 Å². The molecule has 1 rings (SSSR count). The number of carboxylic acid groups (broad SMARTS) is 1. The van der Waals surface area contributed by atoms with Gasteiger partial charge in [0.05, 0.1) is 0 Å². The minimum atomic E-state index is -1.02. The van der Waals surface area contributed by atoms with Crippen LogP contribution in [0.4, 0.5) is 0 Å². The fourth-order valence-electron chi connectivity index (χ4n) is 2.11. The van der Waals surface area contributed by atoms with Crippen molar-refractivity contribution in [3.8, 4) is 0 Å². The van der Waals surface area contributed by atoms with Crippen molar-refractivity contribution in [2.45, 2.75) is 57.0 Å². The molecule has 1 fully saturated rings. The Balaban J connectivity index is 2.41. The molecule has 0 radical (unpaired) electrons. The van der Waals surface area contributed by atoms with E-state index < -0.39 is 17.6 Å². The second kappa shape index (κ2) is 5.30. The minimum absolute atomic E-state index is 0.227. The fraction of sp³-hybridized carbons (Fsp3) is 0.818. The summed E-state index contributed by atoms with van der Waals surface area (Å²) in [5.41, 5.74) is 5.67. The third-order valence-electron chi connectivity index (χ3n) is 3.11. The molecule has 92 valence electrons. The van der Waals surface area contributed by atoms with Crippen LogP contribution in [-0.4, -0.2) is 28.6 Å². The van der Waals surface area contributed by atoms with E-state index in [0.717, 1.165) is 25.7 Å². The minimum Gasteiger partial charge on any atom is -0.480 e. The summed E-state index contributed by atoms with van der Waals surface area (Å²) in [6, 6.07) is -0.848. The van der Waals surface area contributed by atoms with Crippen LogP contribution in [-0.2, 0) is 9.59 Å². The van der Waals surface area contributed by atoms with Gasteiger partial charge < -0.3 is 16.2 Å². The van der Waals surface area contributed by atoms with Gasteiger partial charge in [0.2, 0.25) is 5.91 Å². The van der Waals surface area contributed by atoms with Crippen LogP contribution in [0.15, 0.2) is 0 Å². The first-order valence-electron chi connectivity index (χ1n) is 5.74. The summed E-state index contributed by atoms with van der Waals surface area (Å²) in [4.78, 5) is 22.1. The van der Waals surface area contributed by atoms with Gasteiger partial charge in [-0.15, -0.1) is 0 Å². The largest absolute Gasteiger partial charge is 0.480 e. The number of carbonyl (C=O) groups excluding carboxylic acids is 1. The van der Waals surface area contributed by atoms with E-state index in [1.165, 1.54) is 13.3 Å². The number of nitrogens with two attached hydrogens (primary N) is 1. The van der Waals surface area contributed by atoms with E-state index in [9.17, 15) is 9.59 Å². The third kappa shape index (κ3) is 3.81. The third-order valence-corrected chi connectivity index (χ3v) is 3.11. The molecule has 1 atom stereocenters. The molecular formula is C11H20N2O3. The van der Waals surface area contributed by atoms with Crippen LogP contribution < -0.4 is 11.1 Å². The standard InChI is InChI=1S/C11H20N2O3/c1-8(10(15)16)13-9(14)7-11(12)5-3-2-4-6-11/h8H,2-7,12H2,1H3,(H,13,14)(H,15,16)/t8-/m1/s1. The van der Waals surface area contributed by atoms with E-state index in [4.69, 9.17) is 10.8 Å². The molecule has 5 heteroatoms. The Bertz CT molecular complexity index is 272. The maximum atomic E-state index is 11.6. The van der Waals surface area contributed by atoms with E-state index >= 15 is 0 Å². The second-order valence-electron chi connectivity index (χ2n) is 4.73. The van der Waals surface area contributed by atoms with E-state index in [2.05, 4.69) is 5.32 Å². The maximum absolute atomic E-state index is 11.6. The number of carbonyl (C=O) groups is 2. The molecule has 0 unspecified atom stereocenters. The fourth-order valence-corrected chi connectivity index (χ4v) is 2.11. The van der Waals surface area contributed by atoms with Crippen molar-refractivity contribution < 1.29 is 14.7 Å². The van der Waals surface area contributed by atoms with Crippen LogP contribution in [0.1, 0.15) is 45.4 Å². The summed E-state index contributed by atoms with van der Waals surface area (Å²) in [6.45, 7) is 1.45. The highest BCUT2D eigenvalue weighted by molar-refractivity contribution is 5.83. The number of nitrogens with one attached hydrogen (secondary N) is 1. The molecule has 0 aromatic heterocycles. The Morgan fingerprint density at radius 2 is 1.94 bits per heavy atom. The lowest BCUT2D eigenvalue weighted by molar-refractivity contribution is -0.141. The van der Waals surface area contributed by atoms with Gasteiger partial charge in [-0.2, -0.15) is 0 Å². The van der Waals surface area contributed by atoms with Gasteiger partial charge in [0.15, 0.2) is 0 Å². The molecule has 4 N–H and O–H groups in total. The summed E-state index contributed by atoms with van der Waals surface area (Å²) < 4.78 is 0. The van der Waals surface area contributed by atoms with Crippen molar-refractivity contribution in [3.05, 3.63) is 0 Å². The highest BCUT2D eigenvalue weighted by atomic mass is 16.4. The zero-order valence-electron chi connectivity index (χ0n) is 9.66. The van der Waals surface area contributed by atoms with Crippen molar-refractivity contribution in [1.29, 1.82) is 0 Å². The molecule has 0 saturated heterocycles. The second-order valence-corrected chi connectivity index (χ2v) is 4.73. The molecule has 1 aliphatic carbocycles. The average Bonchev–Trinajstić information content (AvgIpc) is 2.17. The van der Waals surface area contributed by atoms with Crippen LogP contribution in [0.2, 0.25) is 0 Å². The van der Waals surface area contributed by atoms with Gasteiger partial charge in [0.1, 0.15) is 6.04 Å². The lowest BCUT2D eigenvalue weighted by atomic mass is 9.80. The predicted molar refractivity (Wildman–Crippen MR) is 59.9 cm³/mol. The quantitative estimate of drug-likeness (QED) is 0.658. The zero-order chi connectivity index (χ0) is 12.2. The Morgan fingerprint density at radius 1 is 1.38 bits per heavy atom. The normalized spacial score (nSPS) is 21.1. The molecule has 16 heavy (non-hydrogen) atoms. The Labute approximate surface area is 95.4 Å². The average molecular weight is 228 g/mol. The van der Waals surface area contributed by atoms with E-state index in [0.29, 0.717) is 0 Å². The van der Waals surface area contributed by atoms with Gasteiger partial charge in [-0.25, -0.2) is 0 Å².